The van der Waals surface area contributed by atoms with Gasteiger partial charge >= 0.3 is 0 Å². The molecule has 0 aliphatic carbocycles. The topological polar surface area (TPSA) is 72.1 Å². The highest BCUT2D eigenvalue weighted by molar-refractivity contribution is 5.96. The molecule has 1 aliphatic heterocycles. The first kappa shape index (κ1) is 14.5. The Kier molecular flexibility index (Phi) is 3.53. The number of carbonyl (C=O) groups is 1. The van der Waals surface area contributed by atoms with Gasteiger partial charge in [0, 0.05) is 42.5 Å². The number of aromatic nitrogens is 3. The predicted molar refractivity (Wildman–Crippen MR) is 83.6 cm³/mol. The summed E-state index contributed by atoms with van der Waals surface area (Å²) >= 11 is 0. The van der Waals surface area contributed by atoms with Crippen molar-refractivity contribution >= 4 is 11.6 Å². The van der Waals surface area contributed by atoms with Crippen molar-refractivity contribution in [3.05, 3.63) is 60.4 Å². The molecule has 1 unspecified atom stereocenters. The van der Waals surface area contributed by atoms with E-state index in [0.29, 0.717) is 30.4 Å². The third kappa shape index (κ3) is 2.64. The van der Waals surface area contributed by atoms with Crippen molar-refractivity contribution in [1.82, 2.24) is 15.1 Å². The van der Waals surface area contributed by atoms with Gasteiger partial charge in [-0.1, -0.05) is 5.16 Å². The molecule has 0 N–H and O–H groups in total. The van der Waals surface area contributed by atoms with Crippen LogP contribution in [0.3, 0.4) is 0 Å². The highest BCUT2D eigenvalue weighted by Gasteiger charge is 2.34. The molecule has 1 aliphatic rings. The average molecular weight is 324 g/mol. The molecule has 120 valence electrons. The zero-order valence-corrected chi connectivity index (χ0v) is 12.6. The fourth-order valence-electron chi connectivity index (χ4n) is 2.76. The highest BCUT2D eigenvalue weighted by atomic mass is 19.1. The second kappa shape index (κ2) is 5.84. The van der Waals surface area contributed by atoms with Crippen LogP contribution in [0.25, 0.3) is 11.5 Å². The van der Waals surface area contributed by atoms with Crippen LogP contribution >= 0.6 is 0 Å². The lowest BCUT2D eigenvalue weighted by Crippen LogP contribution is -2.24. The number of nitrogens with zero attached hydrogens (tertiary/aromatic N) is 4. The van der Waals surface area contributed by atoms with Crippen LogP contribution in [0.5, 0.6) is 0 Å². The monoisotopic (exact) mass is 324 g/mol. The molecule has 4 rings (SSSR count). The third-order valence-corrected chi connectivity index (χ3v) is 4.00. The number of hydrogen-bond acceptors (Lipinski definition) is 5. The zero-order valence-electron chi connectivity index (χ0n) is 12.6. The number of pyridine rings is 1. The number of hydrogen-bond donors (Lipinski definition) is 0. The molecule has 6 nitrogen and oxygen atoms in total. The summed E-state index contributed by atoms with van der Waals surface area (Å²) in [4.78, 5) is 22.2. The van der Waals surface area contributed by atoms with Crippen LogP contribution in [0, 0.1) is 5.82 Å². The number of anilines is 1. The molecule has 1 fully saturated rings. The molecule has 3 aromatic rings. The van der Waals surface area contributed by atoms with E-state index in [1.807, 2.05) is 0 Å². The maximum atomic E-state index is 13.0. The Balaban J connectivity index is 1.55. The fourth-order valence-corrected chi connectivity index (χ4v) is 2.76. The summed E-state index contributed by atoms with van der Waals surface area (Å²) in [6.07, 6.45) is 3.59. The van der Waals surface area contributed by atoms with Crippen LogP contribution in [-0.4, -0.2) is 27.6 Å². The van der Waals surface area contributed by atoms with Crippen LogP contribution in [-0.2, 0) is 4.79 Å². The normalized spacial score (nSPS) is 17.5. The molecule has 0 bridgehead atoms. The summed E-state index contributed by atoms with van der Waals surface area (Å²) in [5.74, 6) is 0.380. The SMILES string of the molecule is O=C1CC(c2noc(-c3ccncc3)n2)CN1c1ccc(F)cc1. The summed E-state index contributed by atoms with van der Waals surface area (Å²) in [6.45, 7) is 0.444. The molecule has 0 saturated carbocycles. The van der Waals surface area contributed by atoms with Gasteiger partial charge in [0.15, 0.2) is 5.82 Å². The van der Waals surface area contributed by atoms with E-state index in [1.54, 1.807) is 41.6 Å². The molecule has 2 aromatic heterocycles. The van der Waals surface area contributed by atoms with Gasteiger partial charge in [-0.3, -0.25) is 9.78 Å². The van der Waals surface area contributed by atoms with Crippen molar-refractivity contribution < 1.29 is 13.7 Å². The summed E-state index contributed by atoms with van der Waals surface area (Å²) in [5.41, 5.74) is 1.45. The molecule has 0 radical (unpaired) electrons. The molecule has 24 heavy (non-hydrogen) atoms. The minimum absolute atomic E-state index is 0.0399. The minimum atomic E-state index is -0.331. The average Bonchev–Trinajstić information content (AvgIpc) is 3.23. The largest absolute Gasteiger partial charge is 0.334 e. The lowest BCUT2D eigenvalue weighted by molar-refractivity contribution is -0.117. The Morgan fingerprint density at radius 1 is 1.12 bits per heavy atom. The minimum Gasteiger partial charge on any atom is -0.334 e. The highest BCUT2D eigenvalue weighted by Crippen LogP contribution is 2.31. The van der Waals surface area contributed by atoms with Gasteiger partial charge in [-0.25, -0.2) is 4.39 Å². The molecular weight excluding hydrogens is 311 g/mol. The second-order valence-corrected chi connectivity index (χ2v) is 5.58. The predicted octanol–water partition coefficient (Wildman–Crippen LogP) is 2.79. The maximum Gasteiger partial charge on any atom is 0.258 e. The number of amides is 1. The molecule has 1 saturated heterocycles. The molecule has 3 heterocycles. The maximum absolute atomic E-state index is 13.0. The van der Waals surface area contributed by atoms with E-state index in [9.17, 15) is 9.18 Å². The van der Waals surface area contributed by atoms with Crippen molar-refractivity contribution in [2.24, 2.45) is 0 Å². The van der Waals surface area contributed by atoms with Gasteiger partial charge < -0.3 is 9.42 Å². The first-order valence-electron chi connectivity index (χ1n) is 7.50. The van der Waals surface area contributed by atoms with E-state index in [-0.39, 0.29) is 17.6 Å². The Morgan fingerprint density at radius 2 is 1.88 bits per heavy atom. The third-order valence-electron chi connectivity index (χ3n) is 4.00. The summed E-state index contributed by atoms with van der Waals surface area (Å²) in [5, 5.41) is 4.01. The van der Waals surface area contributed by atoms with E-state index in [4.69, 9.17) is 4.52 Å². The van der Waals surface area contributed by atoms with E-state index in [2.05, 4.69) is 15.1 Å². The van der Waals surface area contributed by atoms with E-state index < -0.39 is 0 Å². The van der Waals surface area contributed by atoms with Crippen LogP contribution < -0.4 is 4.90 Å². The summed E-state index contributed by atoms with van der Waals surface area (Å²) in [7, 11) is 0. The standard InChI is InChI=1S/C17H13FN4O2/c18-13-1-3-14(4-2-13)22-10-12(9-15(22)23)16-20-17(24-21-16)11-5-7-19-8-6-11/h1-8,12H,9-10H2. The van der Waals surface area contributed by atoms with Crippen molar-refractivity contribution in [3.63, 3.8) is 0 Å². The van der Waals surface area contributed by atoms with Crippen LogP contribution in [0.1, 0.15) is 18.2 Å². The molecule has 1 amide bonds. The van der Waals surface area contributed by atoms with Crippen LogP contribution in [0.2, 0.25) is 0 Å². The van der Waals surface area contributed by atoms with Crippen LogP contribution in [0.4, 0.5) is 10.1 Å². The lowest BCUT2D eigenvalue weighted by atomic mass is 10.1. The zero-order chi connectivity index (χ0) is 16.5. The Morgan fingerprint density at radius 3 is 2.62 bits per heavy atom. The molecule has 1 atom stereocenters. The number of benzene rings is 1. The molecule has 7 heteroatoms. The first-order valence-corrected chi connectivity index (χ1v) is 7.50. The van der Waals surface area contributed by atoms with Gasteiger partial charge in [-0.2, -0.15) is 4.98 Å². The summed E-state index contributed by atoms with van der Waals surface area (Å²) in [6, 6.07) is 9.42. The van der Waals surface area contributed by atoms with Crippen molar-refractivity contribution in [2.75, 3.05) is 11.4 Å². The Labute approximate surface area is 136 Å². The summed E-state index contributed by atoms with van der Waals surface area (Å²) < 4.78 is 18.3. The van der Waals surface area contributed by atoms with E-state index in [1.165, 1.54) is 12.1 Å². The molecule has 0 spiro atoms. The van der Waals surface area contributed by atoms with Crippen LogP contribution in [0.15, 0.2) is 53.3 Å². The van der Waals surface area contributed by atoms with Gasteiger partial charge in [0.2, 0.25) is 5.91 Å². The van der Waals surface area contributed by atoms with Gasteiger partial charge in [0.25, 0.3) is 5.89 Å². The smallest absolute Gasteiger partial charge is 0.258 e. The van der Waals surface area contributed by atoms with Gasteiger partial charge in [-0.15, -0.1) is 0 Å². The lowest BCUT2D eigenvalue weighted by Gasteiger charge is -2.15. The Hall–Kier alpha value is -3.09. The molecule has 1 aromatic carbocycles. The van der Waals surface area contributed by atoms with E-state index in [0.717, 1.165) is 5.56 Å². The van der Waals surface area contributed by atoms with Crippen molar-refractivity contribution in [2.45, 2.75) is 12.3 Å². The van der Waals surface area contributed by atoms with Gasteiger partial charge in [0.05, 0.1) is 0 Å². The fraction of sp³-hybridized carbons (Fsp3) is 0.176. The molecular formula is C17H13FN4O2. The Bertz CT molecular complexity index is 864. The number of rotatable bonds is 3. The van der Waals surface area contributed by atoms with Crippen molar-refractivity contribution in [1.29, 1.82) is 0 Å². The van der Waals surface area contributed by atoms with Crippen molar-refractivity contribution in [3.8, 4) is 11.5 Å². The van der Waals surface area contributed by atoms with E-state index >= 15 is 0 Å². The number of carbonyl (C=O) groups excluding carboxylic acids is 1. The quantitative estimate of drug-likeness (QED) is 0.741. The second-order valence-electron chi connectivity index (χ2n) is 5.58. The van der Waals surface area contributed by atoms with Gasteiger partial charge in [0.1, 0.15) is 5.82 Å². The first-order chi connectivity index (χ1) is 11.7. The van der Waals surface area contributed by atoms with Gasteiger partial charge in [-0.05, 0) is 36.4 Å². The number of halogens is 1.